The molecule has 2 N–H and O–H groups in total. The smallest absolute Gasteiger partial charge is 0.225 e. The van der Waals surface area contributed by atoms with Crippen LogP contribution in [0.3, 0.4) is 0 Å². The number of anilines is 2. The second-order valence-corrected chi connectivity index (χ2v) is 6.73. The Balaban J connectivity index is 0.00000156. The summed E-state index contributed by atoms with van der Waals surface area (Å²) < 4.78 is 5.81. The van der Waals surface area contributed by atoms with E-state index in [1.807, 2.05) is 18.2 Å². The topological polar surface area (TPSA) is 53.6 Å². The Morgan fingerprint density at radius 2 is 1.92 bits per heavy atom. The number of hydrogen-bond donors (Lipinski definition) is 2. The Bertz CT molecular complexity index is 543. The average molecular weight is 390 g/mol. The fourth-order valence-electron chi connectivity index (χ4n) is 3.59. The molecule has 0 bridgehead atoms. The van der Waals surface area contributed by atoms with Crippen LogP contribution in [-0.4, -0.2) is 43.8 Å². The molecule has 7 heteroatoms. The van der Waals surface area contributed by atoms with E-state index in [2.05, 4.69) is 35.4 Å². The minimum atomic E-state index is 0. The van der Waals surface area contributed by atoms with Crippen molar-refractivity contribution in [2.75, 3.05) is 29.9 Å². The number of morpholine rings is 1. The molecule has 1 aromatic rings. The second kappa shape index (κ2) is 10.2. The highest BCUT2D eigenvalue weighted by Gasteiger charge is 2.24. The Kier molecular flexibility index (Phi) is 9.00. The lowest BCUT2D eigenvalue weighted by atomic mass is 10.1. The molecule has 0 aromatic heterocycles. The van der Waals surface area contributed by atoms with E-state index >= 15 is 0 Å². The van der Waals surface area contributed by atoms with Gasteiger partial charge in [-0.15, -0.1) is 24.8 Å². The molecule has 2 aliphatic heterocycles. The number of amides is 1. The largest absolute Gasteiger partial charge is 0.372 e. The molecular weight excluding hydrogens is 361 g/mol. The minimum absolute atomic E-state index is 0. The lowest BCUT2D eigenvalue weighted by molar-refractivity contribution is -0.116. The Morgan fingerprint density at radius 3 is 2.56 bits per heavy atom. The zero-order valence-corrected chi connectivity index (χ0v) is 16.5. The molecule has 0 saturated carbocycles. The average Bonchev–Trinajstić information content (AvgIpc) is 2.99. The lowest BCUT2D eigenvalue weighted by Gasteiger charge is -2.37. The third-order valence-electron chi connectivity index (χ3n) is 4.53. The van der Waals surface area contributed by atoms with Crippen LogP contribution in [0.4, 0.5) is 11.4 Å². The number of nitrogens with zero attached hydrogens (tertiary/aromatic N) is 1. The zero-order chi connectivity index (χ0) is 16.2. The van der Waals surface area contributed by atoms with Crippen LogP contribution in [0.25, 0.3) is 0 Å². The molecule has 0 aliphatic carbocycles. The summed E-state index contributed by atoms with van der Waals surface area (Å²) in [4.78, 5) is 14.6. The molecule has 3 unspecified atom stereocenters. The van der Waals surface area contributed by atoms with Crippen molar-refractivity contribution in [3.8, 4) is 0 Å². The first-order valence-electron chi connectivity index (χ1n) is 8.64. The number of halogens is 2. The normalized spacial score (nSPS) is 25.7. The van der Waals surface area contributed by atoms with Gasteiger partial charge < -0.3 is 20.3 Å². The van der Waals surface area contributed by atoms with Gasteiger partial charge in [-0.3, -0.25) is 4.79 Å². The van der Waals surface area contributed by atoms with Gasteiger partial charge in [0.05, 0.1) is 23.6 Å². The second-order valence-electron chi connectivity index (χ2n) is 6.73. The summed E-state index contributed by atoms with van der Waals surface area (Å²) in [6, 6.07) is 8.38. The number of ether oxygens (including phenoxy) is 1. The van der Waals surface area contributed by atoms with Crippen LogP contribution in [0.2, 0.25) is 0 Å². The van der Waals surface area contributed by atoms with Gasteiger partial charge in [0.25, 0.3) is 0 Å². The highest BCUT2D eigenvalue weighted by molar-refractivity contribution is 5.94. The lowest BCUT2D eigenvalue weighted by Crippen LogP contribution is -2.45. The van der Waals surface area contributed by atoms with Gasteiger partial charge in [0.15, 0.2) is 0 Å². The Labute approximate surface area is 162 Å². The van der Waals surface area contributed by atoms with Gasteiger partial charge in [-0.05, 0) is 45.4 Å². The van der Waals surface area contributed by atoms with E-state index in [1.165, 1.54) is 0 Å². The summed E-state index contributed by atoms with van der Waals surface area (Å²) in [7, 11) is 0. The summed E-state index contributed by atoms with van der Waals surface area (Å²) in [6.07, 6.45) is 3.20. The van der Waals surface area contributed by atoms with Crippen LogP contribution in [0.15, 0.2) is 24.3 Å². The maximum Gasteiger partial charge on any atom is 0.225 e. The van der Waals surface area contributed by atoms with Gasteiger partial charge >= 0.3 is 0 Å². The molecule has 1 aromatic carbocycles. The summed E-state index contributed by atoms with van der Waals surface area (Å²) in [6.45, 7) is 6.91. The molecule has 0 spiro atoms. The first-order chi connectivity index (χ1) is 11.1. The van der Waals surface area contributed by atoms with Crippen LogP contribution in [0.5, 0.6) is 0 Å². The summed E-state index contributed by atoms with van der Waals surface area (Å²) in [5.74, 6) is 0.0891. The van der Waals surface area contributed by atoms with Gasteiger partial charge in [0.1, 0.15) is 0 Å². The van der Waals surface area contributed by atoms with Gasteiger partial charge in [0, 0.05) is 25.6 Å². The van der Waals surface area contributed by atoms with Gasteiger partial charge in [0.2, 0.25) is 5.91 Å². The van der Waals surface area contributed by atoms with Gasteiger partial charge in [-0.2, -0.15) is 0 Å². The molecule has 142 valence electrons. The first-order valence-corrected chi connectivity index (χ1v) is 8.64. The molecule has 3 atom stereocenters. The molecule has 0 radical (unpaired) electrons. The van der Waals surface area contributed by atoms with Crippen molar-refractivity contribution in [2.45, 2.75) is 51.4 Å². The molecule has 3 rings (SSSR count). The van der Waals surface area contributed by atoms with Crippen molar-refractivity contribution in [3.63, 3.8) is 0 Å². The molecule has 25 heavy (non-hydrogen) atoms. The first kappa shape index (κ1) is 22.0. The van der Waals surface area contributed by atoms with Crippen LogP contribution in [0, 0.1) is 0 Å². The molecule has 2 saturated heterocycles. The van der Waals surface area contributed by atoms with Crippen molar-refractivity contribution < 1.29 is 9.53 Å². The van der Waals surface area contributed by atoms with E-state index in [1.54, 1.807) is 0 Å². The van der Waals surface area contributed by atoms with Crippen LogP contribution in [-0.2, 0) is 9.53 Å². The number of para-hydroxylation sites is 2. The minimum Gasteiger partial charge on any atom is -0.372 e. The van der Waals surface area contributed by atoms with E-state index in [-0.39, 0.29) is 42.9 Å². The highest BCUT2D eigenvalue weighted by Crippen LogP contribution is 2.28. The molecule has 1 amide bonds. The quantitative estimate of drug-likeness (QED) is 0.829. The number of hydrogen-bond acceptors (Lipinski definition) is 4. The number of carbonyl (C=O) groups excluding carboxylic acids is 1. The fourth-order valence-corrected chi connectivity index (χ4v) is 3.59. The van der Waals surface area contributed by atoms with Crippen molar-refractivity contribution in [1.82, 2.24) is 5.32 Å². The number of carbonyl (C=O) groups is 1. The van der Waals surface area contributed by atoms with Crippen molar-refractivity contribution in [1.29, 1.82) is 0 Å². The maximum absolute atomic E-state index is 12.3. The van der Waals surface area contributed by atoms with E-state index in [9.17, 15) is 4.79 Å². The Morgan fingerprint density at radius 1 is 1.24 bits per heavy atom. The molecule has 2 heterocycles. The number of benzene rings is 1. The van der Waals surface area contributed by atoms with E-state index < -0.39 is 0 Å². The van der Waals surface area contributed by atoms with Gasteiger partial charge in [-0.25, -0.2) is 0 Å². The molecule has 2 aliphatic rings. The zero-order valence-electron chi connectivity index (χ0n) is 14.9. The molecular formula is C18H29Cl2N3O2. The molecule has 2 fully saturated rings. The van der Waals surface area contributed by atoms with Crippen LogP contribution in [0.1, 0.15) is 33.1 Å². The van der Waals surface area contributed by atoms with E-state index in [4.69, 9.17) is 4.74 Å². The highest BCUT2D eigenvalue weighted by atomic mass is 35.5. The van der Waals surface area contributed by atoms with E-state index in [0.29, 0.717) is 12.5 Å². The third-order valence-corrected chi connectivity index (χ3v) is 4.53. The van der Waals surface area contributed by atoms with Crippen molar-refractivity contribution in [3.05, 3.63) is 24.3 Å². The molecule has 5 nitrogen and oxygen atoms in total. The van der Waals surface area contributed by atoms with Crippen LogP contribution >= 0.6 is 24.8 Å². The summed E-state index contributed by atoms with van der Waals surface area (Å²) >= 11 is 0. The predicted molar refractivity (Wildman–Crippen MR) is 107 cm³/mol. The fraction of sp³-hybridized carbons (Fsp3) is 0.611. The Hall–Kier alpha value is -1.01. The van der Waals surface area contributed by atoms with Gasteiger partial charge in [-0.1, -0.05) is 12.1 Å². The number of nitrogens with one attached hydrogen (secondary N) is 2. The third kappa shape index (κ3) is 6.03. The van der Waals surface area contributed by atoms with E-state index in [0.717, 1.165) is 43.9 Å². The van der Waals surface area contributed by atoms with Crippen LogP contribution < -0.4 is 15.5 Å². The SMILES string of the molecule is CC1CN(c2ccccc2NC(=O)CC2CCCN2)CC(C)O1.Cl.Cl. The predicted octanol–water partition coefficient (Wildman–Crippen LogP) is 3.22. The number of rotatable bonds is 4. The maximum atomic E-state index is 12.3. The summed E-state index contributed by atoms with van der Waals surface area (Å²) in [5.41, 5.74) is 1.99. The van der Waals surface area contributed by atoms with Crippen molar-refractivity contribution in [2.24, 2.45) is 0 Å². The summed E-state index contributed by atoms with van der Waals surface area (Å²) in [5, 5.41) is 6.48. The monoisotopic (exact) mass is 389 g/mol. The van der Waals surface area contributed by atoms with Crippen molar-refractivity contribution >= 4 is 42.1 Å². The standard InChI is InChI=1S/C18H27N3O2.2ClH/c1-13-11-21(12-14(2)23-13)17-8-4-3-7-16(17)20-18(22)10-15-6-5-9-19-15;;/h3-4,7-8,13-15,19H,5-6,9-12H2,1-2H3,(H,20,22);2*1H.